The normalized spacial score (nSPS) is 14.5. The molecule has 1 aliphatic rings. The van der Waals surface area contributed by atoms with Crippen LogP contribution in [0.5, 0.6) is 17.2 Å². The van der Waals surface area contributed by atoms with E-state index in [2.05, 4.69) is 79.5 Å². The minimum absolute atomic E-state index is 0.421. The van der Waals surface area contributed by atoms with Crippen molar-refractivity contribution in [2.24, 2.45) is 0 Å². The highest BCUT2D eigenvalue weighted by molar-refractivity contribution is 7.65. The molecule has 4 aromatic rings. The van der Waals surface area contributed by atoms with Crippen molar-refractivity contribution in [2.45, 2.75) is 0 Å². The lowest BCUT2D eigenvalue weighted by molar-refractivity contribution is 0.399. The van der Waals surface area contributed by atoms with E-state index in [9.17, 15) is 0 Å². The van der Waals surface area contributed by atoms with E-state index in [1.807, 2.05) is 12.1 Å². The first kappa shape index (κ1) is 20.6. The van der Waals surface area contributed by atoms with Crippen LogP contribution in [0.1, 0.15) is 0 Å². The Morgan fingerprint density at radius 2 is 1.25 bits per heavy atom. The van der Waals surface area contributed by atoms with E-state index in [0.717, 1.165) is 57.0 Å². The van der Waals surface area contributed by atoms with E-state index in [4.69, 9.17) is 14.2 Å². The van der Waals surface area contributed by atoms with Crippen molar-refractivity contribution in [2.75, 3.05) is 27.2 Å². The second kappa shape index (κ2) is 8.68. The minimum Gasteiger partial charge on any atom is -0.495 e. The number of hydrogen-bond acceptors (Lipinski definition) is 3. The molecule has 0 saturated heterocycles. The maximum atomic E-state index is 6.10. The van der Waals surface area contributed by atoms with Gasteiger partial charge in [-0.1, -0.05) is 72.8 Å². The molecule has 1 atom stereocenters. The SMILES string of the molecule is COc1c(-c2ccccc2)cc(-c2ccccc2)c(OC)c1-c1cccc2c1[P@](C)CO2. The third-order valence-corrected chi connectivity index (χ3v) is 7.61. The lowest BCUT2D eigenvalue weighted by Crippen LogP contribution is -2.06. The van der Waals surface area contributed by atoms with Crippen LogP contribution in [0.15, 0.2) is 84.9 Å². The number of benzene rings is 4. The summed E-state index contributed by atoms with van der Waals surface area (Å²) in [6.07, 6.45) is 0.746. The van der Waals surface area contributed by atoms with Crippen LogP contribution in [0, 0.1) is 0 Å². The monoisotopic (exact) mass is 440 g/mol. The van der Waals surface area contributed by atoms with Crippen LogP contribution in [0.3, 0.4) is 0 Å². The zero-order chi connectivity index (χ0) is 22.1. The third kappa shape index (κ3) is 3.43. The predicted octanol–water partition coefficient (Wildman–Crippen LogP) is 6.79. The molecule has 160 valence electrons. The molecule has 0 amide bonds. The largest absolute Gasteiger partial charge is 0.495 e. The highest BCUT2D eigenvalue weighted by atomic mass is 31.1. The van der Waals surface area contributed by atoms with Crippen LogP contribution in [0.2, 0.25) is 0 Å². The van der Waals surface area contributed by atoms with Crippen LogP contribution in [-0.2, 0) is 0 Å². The summed E-state index contributed by atoms with van der Waals surface area (Å²) in [5.74, 6) is 2.60. The molecule has 0 radical (unpaired) electrons. The Morgan fingerprint density at radius 3 is 1.78 bits per heavy atom. The van der Waals surface area contributed by atoms with Crippen molar-refractivity contribution >= 4 is 13.2 Å². The summed E-state index contributed by atoms with van der Waals surface area (Å²) in [5.41, 5.74) is 6.39. The number of fused-ring (bicyclic) bond motifs is 1. The molecule has 1 aliphatic heterocycles. The van der Waals surface area contributed by atoms with Crippen molar-refractivity contribution in [1.82, 2.24) is 0 Å². The molecule has 0 aromatic heterocycles. The highest BCUT2D eigenvalue weighted by Crippen LogP contribution is 2.53. The van der Waals surface area contributed by atoms with E-state index >= 15 is 0 Å². The number of methoxy groups -OCH3 is 2. The predicted molar refractivity (Wildman–Crippen MR) is 134 cm³/mol. The Bertz CT molecular complexity index is 1190. The van der Waals surface area contributed by atoms with Gasteiger partial charge in [-0.3, -0.25) is 0 Å². The van der Waals surface area contributed by atoms with Crippen molar-refractivity contribution < 1.29 is 14.2 Å². The van der Waals surface area contributed by atoms with Crippen LogP contribution in [0.25, 0.3) is 33.4 Å². The van der Waals surface area contributed by atoms with Crippen molar-refractivity contribution in [3.63, 3.8) is 0 Å². The zero-order valence-electron chi connectivity index (χ0n) is 18.5. The van der Waals surface area contributed by atoms with Gasteiger partial charge in [-0.05, 0) is 37.8 Å². The number of ether oxygens (including phenoxy) is 3. The average molecular weight is 440 g/mol. The Balaban J connectivity index is 1.90. The van der Waals surface area contributed by atoms with E-state index in [1.54, 1.807) is 14.2 Å². The van der Waals surface area contributed by atoms with Gasteiger partial charge in [0.2, 0.25) is 0 Å². The molecule has 0 unspecified atom stereocenters. The first-order valence-electron chi connectivity index (χ1n) is 10.6. The van der Waals surface area contributed by atoms with Crippen LogP contribution in [0.4, 0.5) is 0 Å². The molecule has 0 N–H and O–H groups in total. The molecule has 0 saturated carbocycles. The summed E-state index contributed by atoms with van der Waals surface area (Å²) in [6, 6.07) is 29.2. The Labute approximate surface area is 190 Å². The maximum absolute atomic E-state index is 6.10. The summed E-state index contributed by atoms with van der Waals surface area (Å²) in [7, 11) is 3.05. The minimum atomic E-state index is -0.421. The van der Waals surface area contributed by atoms with Gasteiger partial charge in [0, 0.05) is 22.0 Å². The van der Waals surface area contributed by atoms with E-state index in [0.29, 0.717) is 0 Å². The molecule has 4 heteroatoms. The first-order valence-corrected chi connectivity index (χ1v) is 12.6. The summed E-state index contributed by atoms with van der Waals surface area (Å²) in [4.78, 5) is 0. The van der Waals surface area contributed by atoms with Gasteiger partial charge in [-0.2, -0.15) is 0 Å². The molecular weight excluding hydrogens is 415 g/mol. The van der Waals surface area contributed by atoms with Gasteiger partial charge in [0.15, 0.2) is 0 Å². The lowest BCUT2D eigenvalue weighted by atomic mass is 9.90. The van der Waals surface area contributed by atoms with E-state index in [-0.39, 0.29) is 0 Å². The molecule has 4 aromatic carbocycles. The van der Waals surface area contributed by atoms with E-state index in [1.165, 1.54) is 5.30 Å². The van der Waals surface area contributed by atoms with Gasteiger partial charge in [0.25, 0.3) is 0 Å². The quantitative estimate of drug-likeness (QED) is 0.320. The van der Waals surface area contributed by atoms with E-state index < -0.39 is 7.92 Å². The molecular formula is C28H25O3P. The average Bonchev–Trinajstić information content (AvgIpc) is 3.24. The molecule has 0 fully saturated rings. The topological polar surface area (TPSA) is 27.7 Å². The van der Waals surface area contributed by atoms with Gasteiger partial charge in [0.05, 0.1) is 19.8 Å². The molecule has 32 heavy (non-hydrogen) atoms. The van der Waals surface area contributed by atoms with Gasteiger partial charge in [-0.25, -0.2) is 0 Å². The Kier molecular flexibility index (Phi) is 5.59. The Hall–Kier alpha value is -3.29. The number of hydrogen-bond donors (Lipinski definition) is 0. The van der Waals surface area contributed by atoms with Crippen molar-refractivity contribution in [3.8, 4) is 50.6 Å². The Morgan fingerprint density at radius 1 is 0.688 bits per heavy atom. The molecule has 0 aliphatic carbocycles. The molecule has 3 nitrogen and oxygen atoms in total. The van der Waals surface area contributed by atoms with Gasteiger partial charge < -0.3 is 14.2 Å². The maximum Gasteiger partial charge on any atom is 0.138 e. The molecule has 0 spiro atoms. The van der Waals surface area contributed by atoms with Gasteiger partial charge in [0.1, 0.15) is 23.6 Å². The van der Waals surface area contributed by atoms with Crippen LogP contribution >= 0.6 is 7.92 Å². The summed E-state index contributed by atoms with van der Waals surface area (Å²) >= 11 is 0. The third-order valence-electron chi connectivity index (χ3n) is 5.87. The summed E-state index contributed by atoms with van der Waals surface area (Å²) in [5, 5.41) is 1.27. The highest BCUT2D eigenvalue weighted by Gasteiger charge is 2.29. The van der Waals surface area contributed by atoms with Gasteiger partial charge >= 0.3 is 0 Å². The smallest absolute Gasteiger partial charge is 0.138 e. The molecule has 0 bridgehead atoms. The first-order chi connectivity index (χ1) is 15.7. The number of rotatable bonds is 5. The standard InChI is InChI=1S/C28H25O3P/c1-29-26-22(19-11-6-4-7-12-19)17-23(20-13-8-5-9-14-20)27(30-2)25(26)21-15-10-16-24-28(21)32(3)18-31-24/h4-17H,18H2,1-3H3/t32-/m1/s1. The van der Waals surface area contributed by atoms with Crippen LogP contribution < -0.4 is 19.5 Å². The van der Waals surface area contributed by atoms with Crippen LogP contribution in [-0.4, -0.2) is 27.2 Å². The van der Waals surface area contributed by atoms with Gasteiger partial charge in [-0.15, -0.1) is 0 Å². The summed E-state index contributed by atoms with van der Waals surface area (Å²) < 4.78 is 18.2. The van der Waals surface area contributed by atoms with Crippen molar-refractivity contribution in [3.05, 3.63) is 84.9 Å². The second-order valence-electron chi connectivity index (χ2n) is 7.77. The summed E-state index contributed by atoms with van der Waals surface area (Å²) in [6.45, 7) is 2.27. The fourth-order valence-electron chi connectivity index (χ4n) is 4.45. The zero-order valence-corrected chi connectivity index (χ0v) is 19.4. The fourth-order valence-corrected chi connectivity index (χ4v) is 6.02. The lowest BCUT2D eigenvalue weighted by Gasteiger charge is -2.23. The second-order valence-corrected chi connectivity index (χ2v) is 9.87. The molecule has 5 rings (SSSR count). The fraction of sp³-hybridized carbons (Fsp3) is 0.143. The molecule has 1 heterocycles. The van der Waals surface area contributed by atoms with Crippen molar-refractivity contribution in [1.29, 1.82) is 0 Å².